The molecule has 1 aliphatic rings. The number of pyridine rings is 1. The van der Waals surface area contributed by atoms with Crippen LogP contribution in [0.15, 0.2) is 42.7 Å². The van der Waals surface area contributed by atoms with Gasteiger partial charge in [0.05, 0.1) is 11.3 Å². The van der Waals surface area contributed by atoms with Crippen LogP contribution in [0.4, 0.5) is 24.7 Å². The van der Waals surface area contributed by atoms with Gasteiger partial charge >= 0.3 is 6.18 Å². The van der Waals surface area contributed by atoms with Crippen molar-refractivity contribution in [2.45, 2.75) is 51.6 Å². The lowest BCUT2D eigenvalue weighted by Crippen LogP contribution is -2.24. The van der Waals surface area contributed by atoms with Gasteiger partial charge < -0.3 is 15.4 Å². The molecule has 160 valence electrons. The Hall–Kier alpha value is -3.03. The van der Waals surface area contributed by atoms with Crippen molar-refractivity contribution >= 4 is 17.4 Å². The molecule has 1 aromatic carbocycles. The first-order valence-corrected chi connectivity index (χ1v) is 9.92. The van der Waals surface area contributed by atoms with Crippen LogP contribution < -0.4 is 15.4 Å². The van der Waals surface area contributed by atoms with Crippen molar-refractivity contribution < 1.29 is 22.7 Å². The van der Waals surface area contributed by atoms with E-state index in [1.54, 1.807) is 12.1 Å². The molecule has 1 aromatic heterocycles. The number of hydrogen-bond donors (Lipinski definition) is 2. The zero-order valence-electron chi connectivity index (χ0n) is 16.8. The van der Waals surface area contributed by atoms with Crippen molar-refractivity contribution in [3.05, 3.63) is 53.9 Å². The number of anilines is 2. The summed E-state index contributed by atoms with van der Waals surface area (Å²) in [5.74, 6) is 0.606. The Morgan fingerprint density at radius 3 is 2.80 bits per heavy atom. The number of halogens is 3. The lowest BCUT2D eigenvalue weighted by molar-refractivity contribution is -0.137. The molecule has 0 bridgehead atoms. The molecular weight excluding hydrogens is 395 g/mol. The van der Waals surface area contributed by atoms with Crippen molar-refractivity contribution in [2.24, 2.45) is 0 Å². The molecule has 1 amide bonds. The highest BCUT2D eigenvalue weighted by Gasteiger charge is 2.34. The highest BCUT2D eigenvalue weighted by molar-refractivity contribution is 5.94. The summed E-state index contributed by atoms with van der Waals surface area (Å²) in [5.41, 5.74) is -0.153. The van der Waals surface area contributed by atoms with E-state index in [4.69, 9.17) is 4.74 Å². The Labute approximate surface area is 173 Å². The van der Waals surface area contributed by atoms with E-state index in [-0.39, 0.29) is 29.7 Å². The van der Waals surface area contributed by atoms with Crippen LogP contribution in [-0.2, 0) is 11.0 Å². The van der Waals surface area contributed by atoms with Gasteiger partial charge in [0.2, 0.25) is 5.91 Å². The number of hydrogen-bond acceptors (Lipinski definition) is 4. The SMILES string of the molecule is CCC/C=C/Nc1ccc(Oc2ccnc3c2C(CC)CC(=O)N3)cc1C(F)(F)F. The van der Waals surface area contributed by atoms with E-state index in [9.17, 15) is 18.0 Å². The number of carbonyl (C=O) groups is 1. The van der Waals surface area contributed by atoms with Crippen LogP contribution in [0.1, 0.15) is 56.6 Å². The molecule has 0 aliphatic carbocycles. The number of alkyl halides is 3. The number of carbonyl (C=O) groups excluding carboxylic acids is 1. The summed E-state index contributed by atoms with van der Waals surface area (Å²) >= 11 is 0. The summed E-state index contributed by atoms with van der Waals surface area (Å²) < 4.78 is 46.6. The first-order chi connectivity index (χ1) is 14.3. The molecule has 2 aromatic rings. The fourth-order valence-corrected chi connectivity index (χ4v) is 3.37. The predicted molar refractivity (Wildman–Crippen MR) is 110 cm³/mol. The molecular formula is C22H24F3N3O2. The second-order valence-corrected chi connectivity index (χ2v) is 7.07. The third-order valence-electron chi connectivity index (χ3n) is 4.88. The maximum absolute atomic E-state index is 13.6. The maximum atomic E-state index is 13.6. The number of amides is 1. The fraction of sp³-hybridized carbons (Fsp3) is 0.364. The number of aromatic nitrogens is 1. The second-order valence-electron chi connectivity index (χ2n) is 7.07. The third kappa shape index (κ3) is 4.93. The quantitative estimate of drug-likeness (QED) is 0.541. The van der Waals surface area contributed by atoms with Gasteiger partial charge in [0.15, 0.2) is 0 Å². The average molecular weight is 419 g/mol. The first kappa shape index (κ1) is 21.7. The molecule has 3 rings (SSSR count). The number of allylic oxidation sites excluding steroid dienone is 1. The standard InChI is InChI=1S/C22H24F3N3O2/c1-3-5-6-10-26-17-8-7-15(13-16(17)22(23,24)25)30-18-9-11-27-21-20(18)14(4-2)12-19(29)28-21/h6-11,13-14,26H,3-5,12H2,1-2H3,(H,27,28,29)/b10-6+. The Kier molecular flexibility index (Phi) is 6.64. The third-order valence-corrected chi connectivity index (χ3v) is 4.88. The minimum Gasteiger partial charge on any atom is -0.457 e. The van der Waals surface area contributed by atoms with Gasteiger partial charge in [-0.3, -0.25) is 4.79 Å². The molecule has 30 heavy (non-hydrogen) atoms. The van der Waals surface area contributed by atoms with Crippen molar-refractivity contribution in [3.63, 3.8) is 0 Å². The molecule has 2 N–H and O–H groups in total. The van der Waals surface area contributed by atoms with Crippen molar-refractivity contribution in [1.29, 1.82) is 0 Å². The van der Waals surface area contributed by atoms with Gasteiger partial charge in [-0.2, -0.15) is 13.2 Å². The van der Waals surface area contributed by atoms with Crippen LogP contribution in [0, 0.1) is 0 Å². The van der Waals surface area contributed by atoms with Crippen LogP contribution in [0.2, 0.25) is 0 Å². The summed E-state index contributed by atoms with van der Waals surface area (Å²) in [6.07, 6.45) is 2.87. The molecule has 1 aliphatic heterocycles. The van der Waals surface area contributed by atoms with Crippen LogP contribution in [0.3, 0.4) is 0 Å². The van der Waals surface area contributed by atoms with Gasteiger partial charge in [-0.05, 0) is 49.2 Å². The van der Waals surface area contributed by atoms with Crippen molar-refractivity contribution in [1.82, 2.24) is 4.98 Å². The largest absolute Gasteiger partial charge is 0.457 e. The Bertz CT molecular complexity index is 942. The normalized spacial score (nSPS) is 16.3. The maximum Gasteiger partial charge on any atom is 0.418 e. The molecule has 5 nitrogen and oxygen atoms in total. The van der Waals surface area contributed by atoms with Crippen molar-refractivity contribution in [2.75, 3.05) is 10.6 Å². The highest BCUT2D eigenvalue weighted by atomic mass is 19.4. The Morgan fingerprint density at radius 2 is 2.10 bits per heavy atom. The highest BCUT2D eigenvalue weighted by Crippen LogP contribution is 2.42. The monoisotopic (exact) mass is 419 g/mol. The number of nitrogens with zero attached hydrogens (tertiary/aromatic N) is 1. The zero-order chi connectivity index (χ0) is 21.7. The number of ether oxygens (including phenoxy) is 1. The molecule has 1 atom stereocenters. The number of benzene rings is 1. The molecule has 0 spiro atoms. The Balaban J connectivity index is 1.93. The Morgan fingerprint density at radius 1 is 1.30 bits per heavy atom. The molecule has 2 heterocycles. The lowest BCUT2D eigenvalue weighted by atomic mass is 9.90. The molecule has 0 radical (unpaired) electrons. The minimum absolute atomic E-state index is 0.0438. The smallest absolute Gasteiger partial charge is 0.418 e. The number of fused-ring (bicyclic) bond motifs is 1. The topological polar surface area (TPSA) is 63.2 Å². The number of unbranched alkanes of at least 4 members (excludes halogenated alkanes) is 1. The second kappa shape index (κ2) is 9.19. The predicted octanol–water partition coefficient (Wildman–Crippen LogP) is 6.45. The summed E-state index contributed by atoms with van der Waals surface area (Å²) in [5, 5.41) is 5.40. The molecule has 0 saturated carbocycles. The zero-order valence-corrected chi connectivity index (χ0v) is 16.8. The summed E-state index contributed by atoms with van der Waals surface area (Å²) in [6.45, 7) is 3.93. The number of nitrogens with one attached hydrogen (secondary N) is 2. The lowest BCUT2D eigenvalue weighted by Gasteiger charge is -2.26. The van der Waals surface area contributed by atoms with Crippen molar-refractivity contribution in [3.8, 4) is 11.5 Å². The average Bonchev–Trinajstić information content (AvgIpc) is 2.70. The van der Waals surface area contributed by atoms with Crippen LogP contribution in [0.25, 0.3) is 0 Å². The molecule has 0 saturated heterocycles. The van der Waals surface area contributed by atoms with Crippen LogP contribution in [-0.4, -0.2) is 10.9 Å². The van der Waals surface area contributed by atoms with Crippen LogP contribution in [0.5, 0.6) is 11.5 Å². The van der Waals surface area contributed by atoms with E-state index in [2.05, 4.69) is 15.6 Å². The van der Waals surface area contributed by atoms with Gasteiger partial charge in [0.25, 0.3) is 0 Å². The van der Waals surface area contributed by atoms with Gasteiger partial charge in [-0.15, -0.1) is 0 Å². The molecule has 0 fully saturated rings. The van der Waals surface area contributed by atoms with Gasteiger partial charge in [0.1, 0.15) is 17.3 Å². The van der Waals surface area contributed by atoms with E-state index in [0.717, 1.165) is 18.9 Å². The van der Waals surface area contributed by atoms with Gasteiger partial charge in [-0.1, -0.05) is 26.3 Å². The van der Waals surface area contributed by atoms with Gasteiger partial charge in [-0.25, -0.2) is 4.98 Å². The van der Waals surface area contributed by atoms with E-state index in [0.29, 0.717) is 23.6 Å². The van der Waals surface area contributed by atoms with Gasteiger partial charge in [0, 0.05) is 18.2 Å². The van der Waals surface area contributed by atoms with E-state index < -0.39 is 11.7 Å². The summed E-state index contributed by atoms with van der Waals surface area (Å²) in [4.78, 5) is 16.0. The van der Waals surface area contributed by atoms with E-state index in [1.807, 2.05) is 13.8 Å². The summed E-state index contributed by atoms with van der Waals surface area (Å²) in [7, 11) is 0. The van der Waals surface area contributed by atoms with Crippen LogP contribution >= 0.6 is 0 Å². The van der Waals surface area contributed by atoms with E-state index in [1.165, 1.54) is 24.5 Å². The number of rotatable bonds is 7. The first-order valence-electron chi connectivity index (χ1n) is 9.92. The summed E-state index contributed by atoms with van der Waals surface area (Å²) in [6, 6.07) is 5.42. The van der Waals surface area contributed by atoms with E-state index >= 15 is 0 Å². The molecule has 8 heteroatoms. The minimum atomic E-state index is -4.54. The fourth-order valence-electron chi connectivity index (χ4n) is 3.37. The molecule has 1 unspecified atom stereocenters.